The molecule has 1 heterocycles. The number of ketones is 1. The van der Waals surface area contributed by atoms with E-state index < -0.39 is 18.5 Å². The smallest absolute Gasteiger partial charge is 0.338 e. The fourth-order valence-electron chi connectivity index (χ4n) is 2.10. The highest BCUT2D eigenvalue weighted by Crippen LogP contribution is 2.28. The van der Waals surface area contributed by atoms with Crippen molar-refractivity contribution in [2.75, 3.05) is 0 Å². The lowest BCUT2D eigenvalue weighted by Gasteiger charge is -2.08. The molecule has 0 atom stereocenters. The number of nitrogens with zero attached hydrogens (tertiary/aromatic N) is 1. The summed E-state index contributed by atoms with van der Waals surface area (Å²) in [7, 11) is 0. The van der Waals surface area contributed by atoms with Crippen LogP contribution in [0.3, 0.4) is 0 Å². The molecule has 0 unspecified atom stereocenters. The van der Waals surface area contributed by atoms with E-state index in [1.807, 2.05) is 0 Å². The van der Waals surface area contributed by atoms with Gasteiger partial charge in [0.05, 0.1) is 0 Å². The number of aromatic nitrogens is 1. The molecule has 0 saturated heterocycles. The molecule has 0 saturated carbocycles. The molecule has 0 aliphatic heterocycles. The molecular formula is C14H13F4NO. The van der Waals surface area contributed by atoms with Crippen molar-refractivity contribution in [1.29, 1.82) is 0 Å². The van der Waals surface area contributed by atoms with E-state index in [2.05, 4.69) is 0 Å². The van der Waals surface area contributed by atoms with E-state index >= 15 is 0 Å². The van der Waals surface area contributed by atoms with Crippen molar-refractivity contribution in [1.82, 2.24) is 4.57 Å². The van der Waals surface area contributed by atoms with E-state index in [0.717, 1.165) is 22.9 Å². The Labute approximate surface area is 113 Å². The molecule has 2 aromatic rings. The van der Waals surface area contributed by atoms with Gasteiger partial charge in [-0.15, -0.1) is 0 Å². The number of alkyl halides is 3. The van der Waals surface area contributed by atoms with Crippen LogP contribution in [0.5, 0.6) is 0 Å². The Bertz CT molecular complexity index is 655. The van der Waals surface area contributed by atoms with Gasteiger partial charge in [-0.1, -0.05) is 13.8 Å². The van der Waals surface area contributed by atoms with Crippen LogP contribution in [0, 0.1) is 11.7 Å². The average molecular weight is 287 g/mol. The van der Waals surface area contributed by atoms with Gasteiger partial charge >= 0.3 is 6.18 Å². The lowest BCUT2D eigenvalue weighted by atomic mass is 10.0. The lowest BCUT2D eigenvalue weighted by Crippen LogP contribution is -2.17. The van der Waals surface area contributed by atoms with Gasteiger partial charge in [0.2, 0.25) is 0 Å². The highest BCUT2D eigenvalue weighted by atomic mass is 19.4. The summed E-state index contributed by atoms with van der Waals surface area (Å²) >= 11 is 0. The Morgan fingerprint density at radius 1 is 1.30 bits per heavy atom. The van der Waals surface area contributed by atoms with E-state index in [1.54, 1.807) is 13.8 Å². The molecule has 1 aromatic heterocycles. The van der Waals surface area contributed by atoms with Crippen molar-refractivity contribution in [2.45, 2.75) is 26.6 Å². The van der Waals surface area contributed by atoms with Gasteiger partial charge in [0.15, 0.2) is 5.78 Å². The maximum atomic E-state index is 13.3. The lowest BCUT2D eigenvalue weighted by molar-refractivity contribution is -0.139. The van der Waals surface area contributed by atoms with Gasteiger partial charge in [0, 0.05) is 28.6 Å². The van der Waals surface area contributed by atoms with Crippen LogP contribution in [0.1, 0.15) is 24.2 Å². The van der Waals surface area contributed by atoms with Crippen LogP contribution in [0.4, 0.5) is 17.6 Å². The largest absolute Gasteiger partial charge is 0.406 e. The summed E-state index contributed by atoms with van der Waals surface area (Å²) in [6, 6.07) is 3.43. The standard InChI is InChI=1S/C14H13F4NO/c1-8(2)13(20)11-6-19(7-14(16,17)18)12-4-3-9(15)5-10(11)12/h3-6,8H,7H2,1-2H3. The Morgan fingerprint density at radius 3 is 2.50 bits per heavy atom. The van der Waals surface area contributed by atoms with Crippen LogP contribution >= 0.6 is 0 Å². The Kier molecular flexibility index (Phi) is 3.58. The first-order valence-corrected chi connectivity index (χ1v) is 6.08. The third kappa shape index (κ3) is 2.84. The molecule has 0 radical (unpaired) electrons. The number of hydrogen-bond acceptors (Lipinski definition) is 1. The molecule has 0 spiro atoms. The van der Waals surface area contributed by atoms with Crippen molar-refractivity contribution in [3.05, 3.63) is 35.8 Å². The number of rotatable bonds is 3. The Hall–Kier alpha value is -1.85. The van der Waals surface area contributed by atoms with Crippen molar-refractivity contribution in [2.24, 2.45) is 5.92 Å². The van der Waals surface area contributed by atoms with Gasteiger partial charge in [-0.2, -0.15) is 13.2 Å². The number of carbonyl (C=O) groups is 1. The molecule has 0 amide bonds. The second kappa shape index (κ2) is 4.92. The third-order valence-electron chi connectivity index (χ3n) is 2.98. The van der Waals surface area contributed by atoms with Gasteiger partial charge in [-0.3, -0.25) is 4.79 Å². The second-order valence-corrected chi connectivity index (χ2v) is 4.97. The molecule has 0 aliphatic rings. The second-order valence-electron chi connectivity index (χ2n) is 4.97. The maximum absolute atomic E-state index is 13.3. The molecule has 1 aromatic carbocycles. The van der Waals surface area contributed by atoms with Crippen LogP contribution in [0.15, 0.2) is 24.4 Å². The van der Waals surface area contributed by atoms with E-state index in [4.69, 9.17) is 0 Å². The summed E-state index contributed by atoms with van der Waals surface area (Å²) in [5.41, 5.74) is 0.325. The highest BCUT2D eigenvalue weighted by molar-refractivity contribution is 6.08. The van der Waals surface area contributed by atoms with Crippen molar-refractivity contribution in [3.8, 4) is 0 Å². The molecule has 6 heteroatoms. The Morgan fingerprint density at radius 2 is 1.95 bits per heavy atom. The first-order valence-electron chi connectivity index (χ1n) is 6.08. The van der Waals surface area contributed by atoms with Crippen LogP contribution in [-0.4, -0.2) is 16.5 Å². The monoisotopic (exact) mass is 287 g/mol. The van der Waals surface area contributed by atoms with Gasteiger partial charge in [-0.25, -0.2) is 4.39 Å². The van der Waals surface area contributed by atoms with Crippen molar-refractivity contribution < 1.29 is 22.4 Å². The van der Waals surface area contributed by atoms with E-state index in [9.17, 15) is 22.4 Å². The molecule has 20 heavy (non-hydrogen) atoms. The minimum absolute atomic E-state index is 0.124. The molecule has 2 nitrogen and oxygen atoms in total. The predicted octanol–water partition coefficient (Wildman–Crippen LogP) is 4.18. The Balaban J connectivity index is 2.63. The minimum atomic E-state index is -4.40. The van der Waals surface area contributed by atoms with Gasteiger partial charge in [-0.05, 0) is 18.2 Å². The molecule has 0 N–H and O–H groups in total. The minimum Gasteiger partial charge on any atom is -0.338 e. The number of hydrogen-bond donors (Lipinski definition) is 0. The molecule has 0 fully saturated rings. The van der Waals surface area contributed by atoms with Crippen molar-refractivity contribution >= 4 is 16.7 Å². The molecule has 0 aliphatic carbocycles. The SMILES string of the molecule is CC(C)C(=O)c1cn(CC(F)(F)F)c2ccc(F)cc12. The van der Waals surface area contributed by atoms with Gasteiger partial charge in [0.25, 0.3) is 0 Å². The van der Waals surface area contributed by atoms with Gasteiger partial charge < -0.3 is 4.57 Å². The highest BCUT2D eigenvalue weighted by Gasteiger charge is 2.29. The van der Waals surface area contributed by atoms with Crippen LogP contribution in [0.25, 0.3) is 10.9 Å². The normalized spacial score (nSPS) is 12.3. The molecule has 108 valence electrons. The molecule has 2 rings (SSSR count). The number of fused-ring (bicyclic) bond motifs is 1. The van der Waals surface area contributed by atoms with Crippen LogP contribution in [-0.2, 0) is 6.54 Å². The van der Waals surface area contributed by atoms with Crippen molar-refractivity contribution in [3.63, 3.8) is 0 Å². The first-order chi connectivity index (χ1) is 9.19. The fourth-order valence-corrected chi connectivity index (χ4v) is 2.10. The van der Waals surface area contributed by atoms with Crippen LogP contribution in [0.2, 0.25) is 0 Å². The quantitative estimate of drug-likeness (QED) is 0.613. The first kappa shape index (κ1) is 14.6. The zero-order chi connectivity index (χ0) is 15.1. The number of benzene rings is 1. The number of carbonyl (C=O) groups excluding carboxylic acids is 1. The third-order valence-corrected chi connectivity index (χ3v) is 2.98. The fraction of sp³-hybridized carbons (Fsp3) is 0.357. The topological polar surface area (TPSA) is 22.0 Å². The van der Waals surface area contributed by atoms with Gasteiger partial charge in [0.1, 0.15) is 12.4 Å². The molecular weight excluding hydrogens is 274 g/mol. The number of Topliss-reactive ketones (excluding diaryl/α,β-unsaturated/α-hetero) is 1. The molecule has 0 bridgehead atoms. The van der Waals surface area contributed by atoms with E-state index in [0.29, 0.717) is 0 Å². The zero-order valence-corrected chi connectivity index (χ0v) is 11.0. The summed E-state index contributed by atoms with van der Waals surface area (Å²) < 4.78 is 51.8. The number of halogens is 4. The van der Waals surface area contributed by atoms with Crippen LogP contribution < -0.4 is 0 Å². The zero-order valence-electron chi connectivity index (χ0n) is 11.0. The summed E-state index contributed by atoms with van der Waals surface area (Å²) in [5, 5.41) is 0.216. The predicted molar refractivity (Wildman–Crippen MR) is 67.1 cm³/mol. The maximum Gasteiger partial charge on any atom is 0.406 e. The average Bonchev–Trinajstić information content (AvgIpc) is 2.64. The summed E-state index contributed by atoms with van der Waals surface area (Å²) in [4.78, 5) is 12.0. The van der Waals surface area contributed by atoms with E-state index in [1.165, 1.54) is 6.07 Å². The summed E-state index contributed by atoms with van der Waals surface area (Å²) in [6.45, 7) is 2.09. The summed E-state index contributed by atoms with van der Waals surface area (Å²) in [5.74, 6) is -1.26. The summed E-state index contributed by atoms with van der Waals surface area (Å²) in [6.07, 6.45) is -3.25. The van der Waals surface area contributed by atoms with E-state index in [-0.39, 0.29) is 28.2 Å².